The molecule has 0 fully saturated rings. The molecule has 0 aliphatic carbocycles. The van der Waals surface area contributed by atoms with Crippen LogP contribution in [0.4, 0.5) is 0 Å². The summed E-state index contributed by atoms with van der Waals surface area (Å²) in [7, 11) is 0. The first kappa shape index (κ1) is 15.9. The Morgan fingerprint density at radius 3 is 1.83 bits per heavy atom. The topological polar surface area (TPSA) is 49.7 Å². The van der Waals surface area contributed by atoms with Gasteiger partial charge in [-0.15, -0.1) is 0 Å². The molecule has 0 unspecified atom stereocenters. The molecular weight excluding hydrogens is 327 g/mol. The Hall–Kier alpha value is -1.97. The van der Waals surface area contributed by atoms with E-state index in [1.54, 1.807) is 12.1 Å². The lowest BCUT2D eigenvalue weighted by Gasteiger charge is -2.16. The molecule has 3 aromatic carbocycles. The van der Waals surface area contributed by atoms with E-state index in [0.717, 1.165) is 22.3 Å². The summed E-state index contributed by atoms with van der Waals surface area (Å²) >= 11 is 4.60. The van der Waals surface area contributed by atoms with Gasteiger partial charge in [-0.3, -0.25) is 0 Å². The van der Waals surface area contributed by atoms with Crippen molar-refractivity contribution in [3.63, 3.8) is 0 Å². The molecule has 0 aliphatic rings. The summed E-state index contributed by atoms with van der Waals surface area (Å²) in [5.41, 5.74) is 3.82. The molecule has 0 saturated heterocycles. The lowest BCUT2D eigenvalue weighted by Crippen LogP contribution is -1.93. The van der Waals surface area contributed by atoms with Gasteiger partial charge in [0, 0.05) is 17.4 Å². The first-order chi connectivity index (χ1) is 11.0. The van der Waals surface area contributed by atoms with E-state index in [9.17, 15) is 9.79 Å². The zero-order valence-corrected chi connectivity index (χ0v) is 13.9. The molecule has 3 aromatic rings. The van der Waals surface area contributed by atoms with Gasteiger partial charge in [0.25, 0.3) is 0 Å². The quantitative estimate of drug-likeness (QED) is 0.680. The van der Waals surface area contributed by atoms with E-state index in [1.165, 1.54) is 0 Å². The third-order valence-electron chi connectivity index (χ3n) is 3.41. The molecular formula is C18H15O3PS. The number of hydrogen-bond acceptors (Lipinski definition) is 2. The van der Waals surface area contributed by atoms with Crippen molar-refractivity contribution in [1.29, 1.82) is 0 Å². The monoisotopic (exact) mass is 342 g/mol. The molecule has 2 N–H and O–H groups in total. The van der Waals surface area contributed by atoms with Gasteiger partial charge < -0.3 is 14.3 Å². The highest BCUT2D eigenvalue weighted by molar-refractivity contribution is 8.06. The van der Waals surface area contributed by atoms with Crippen LogP contribution in [-0.2, 0) is 11.8 Å². The van der Waals surface area contributed by atoms with Crippen molar-refractivity contribution in [3.05, 3.63) is 78.9 Å². The molecule has 3 nitrogen and oxygen atoms in total. The molecule has 23 heavy (non-hydrogen) atoms. The van der Waals surface area contributed by atoms with Crippen LogP contribution in [0.25, 0.3) is 22.3 Å². The summed E-state index contributed by atoms with van der Waals surface area (Å²) in [4.78, 5) is 19.0. The van der Waals surface area contributed by atoms with Crippen LogP contribution >= 0.6 is 6.72 Å². The van der Waals surface area contributed by atoms with Gasteiger partial charge in [0.15, 0.2) is 0 Å². The van der Waals surface area contributed by atoms with Crippen LogP contribution < -0.4 is 4.52 Å². The summed E-state index contributed by atoms with van der Waals surface area (Å²) in [6.45, 7) is -3.79. The van der Waals surface area contributed by atoms with Crippen molar-refractivity contribution >= 4 is 18.5 Å². The van der Waals surface area contributed by atoms with E-state index in [4.69, 9.17) is 4.52 Å². The van der Waals surface area contributed by atoms with Crippen LogP contribution in [0.1, 0.15) is 0 Å². The van der Waals surface area contributed by atoms with Crippen molar-refractivity contribution in [2.45, 2.75) is 0 Å². The highest BCUT2D eigenvalue weighted by Gasteiger charge is 2.16. The van der Waals surface area contributed by atoms with Crippen LogP contribution in [-0.4, -0.2) is 9.79 Å². The lowest BCUT2D eigenvalue weighted by atomic mass is 9.94. The largest absolute Gasteiger partial charge is 0.424 e. The Labute approximate surface area is 140 Å². The predicted molar refractivity (Wildman–Crippen MR) is 96.7 cm³/mol. The fourth-order valence-electron chi connectivity index (χ4n) is 2.48. The first-order valence-electron chi connectivity index (χ1n) is 7.03. The van der Waals surface area contributed by atoms with Gasteiger partial charge in [-0.05, 0) is 22.8 Å². The third-order valence-corrected chi connectivity index (χ3v) is 4.06. The molecule has 0 atom stereocenters. The minimum atomic E-state index is -3.79. The van der Waals surface area contributed by atoms with E-state index in [2.05, 4.69) is 11.8 Å². The average Bonchev–Trinajstić information content (AvgIpc) is 2.55. The van der Waals surface area contributed by atoms with Gasteiger partial charge in [-0.25, -0.2) is 0 Å². The molecule has 0 spiro atoms. The SMILES string of the molecule is OP(O)(=S)Oc1ccccc1-c1ccccc1-c1ccccc1. The zero-order chi connectivity index (χ0) is 16.3. The smallest absolute Gasteiger partial charge is 0.375 e. The summed E-state index contributed by atoms with van der Waals surface area (Å²) < 4.78 is 5.22. The zero-order valence-electron chi connectivity index (χ0n) is 12.2. The second kappa shape index (κ2) is 6.65. The van der Waals surface area contributed by atoms with E-state index in [0.29, 0.717) is 5.75 Å². The van der Waals surface area contributed by atoms with Gasteiger partial charge in [-0.1, -0.05) is 72.8 Å². The minimum Gasteiger partial charge on any atom is -0.424 e. The summed E-state index contributed by atoms with van der Waals surface area (Å²) in [5.74, 6) is 0.365. The number of para-hydroxylation sites is 1. The summed E-state index contributed by atoms with van der Waals surface area (Å²) in [5, 5.41) is 0. The highest BCUT2D eigenvalue weighted by atomic mass is 32.5. The van der Waals surface area contributed by atoms with Crippen LogP contribution in [0, 0.1) is 0 Å². The molecule has 3 rings (SSSR count). The fraction of sp³-hybridized carbons (Fsp3) is 0. The molecule has 0 amide bonds. The van der Waals surface area contributed by atoms with Crippen molar-refractivity contribution in [2.75, 3.05) is 0 Å². The second-order valence-corrected chi connectivity index (χ2v) is 7.58. The molecule has 5 heteroatoms. The normalized spacial score (nSPS) is 11.2. The maximum Gasteiger partial charge on any atom is 0.375 e. The van der Waals surface area contributed by atoms with Crippen molar-refractivity contribution in [2.24, 2.45) is 0 Å². The van der Waals surface area contributed by atoms with Crippen molar-refractivity contribution < 1.29 is 14.3 Å². The maximum atomic E-state index is 9.49. The Kier molecular flexibility index (Phi) is 4.60. The number of hydrogen-bond donors (Lipinski definition) is 2. The van der Waals surface area contributed by atoms with E-state index < -0.39 is 6.72 Å². The summed E-state index contributed by atoms with van der Waals surface area (Å²) in [6.07, 6.45) is 0. The Bertz CT molecular complexity index is 859. The molecule has 0 aromatic heterocycles. The van der Waals surface area contributed by atoms with Gasteiger partial charge in [0.1, 0.15) is 5.75 Å². The van der Waals surface area contributed by atoms with Crippen LogP contribution in [0.5, 0.6) is 5.75 Å². The van der Waals surface area contributed by atoms with Gasteiger partial charge in [-0.2, -0.15) is 0 Å². The highest BCUT2D eigenvalue weighted by Crippen LogP contribution is 2.44. The van der Waals surface area contributed by atoms with Gasteiger partial charge in [0.2, 0.25) is 0 Å². The number of rotatable bonds is 4. The van der Waals surface area contributed by atoms with E-state index in [-0.39, 0.29) is 0 Å². The molecule has 0 radical (unpaired) electrons. The lowest BCUT2D eigenvalue weighted by molar-refractivity contribution is 0.371. The minimum absolute atomic E-state index is 0.365. The van der Waals surface area contributed by atoms with Gasteiger partial charge >= 0.3 is 6.72 Å². The van der Waals surface area contributed by atoms with Gasteiger partial charge in [0.05, 0.1) is 0 Å². The fourth-order valence-corrected chi connectivity index (χ4v) is 3.14. The van der Waals surface area contributed by atoms with Crippen molar-refractivity contribution in [3.8, 4) is 28.0 Å². The Morgan fingerprint density at radius 1 is 0.652 bits per heavy atom. The molecule has 0 saturated carbocycles. The first-order valence-corrected chi connectivity index (χ1v) is 9.66. The van der Waals surface area contributed by atoms with Crippen LogP contribution in [0.15, 0.2) is 78.9 Å². The molecule has 0 heterocycles. The summed E-state index contributed by atoms with van der Waals surface area (Å²) in [6, 6.07) is 25.1. The Balaban J connectivity index is 2.16. The van der Waals surface area contributed by atoms with Crippen LogP contribution in [0.2, 0.25) is 0 Å². The average molecular weight is 342 g/mol. The second-order valence-electron chi connectivity index (χ2n) is 4.99. The standard InChI is InChI=1S/C18H15O3PS/c19-22(20,23)21-18-13-7-6-12-17(18)16-11-5-4-10-15(16)14-8-2-1-3-9-14/h1-13H,(H2,19,20,23). The van der Waals surface area contributed by atoms with Crippen LogP contribution in [0.3, 0.4) is 0 Å². The molecule has 116 valence electrons. The maximum absolute atomic E-state index is 9.49. The third kappa shape index (κ3) is 3.87. The molecule has 0 aliphatic heterocycles. The van der Waals surface area contributed by atoms with Crippen molar-refractivity contribution in [1.82, 2.24) is 0 Å². The van der Waals surface area contributed by atoms with E-state index >= 15 is 0 Å². The predicted octanol–water partition coefficient (Wildman–Crippen LogP) is 4.61. The Morgan fingerprint density at radius 2 is 1.17 bits per heavy atom. The molecule has 0 bridgehead atoms. The number of benzene rings is 3. The van der Waals surface area contributed by atoms with E-state index in [1.807, 2.05) is 66.7 Å².